The summed E-state index contributed by atoms with van der Waals surface area (Å²) < 4.78 is 49.6. The van der Waals surface area contributed by atoms with Gasteiger partial charge in [0.25, 0.3) is 5.56 Å². The van der Waals surface area contributed by atoms with Crippen LogP contribution in [-0.2, 0) is 4.74 Å². The van der Waals surface area contributed by atoms with E-state index < -0.39 is 24.4 Å². The average Bonchev–Trinajstić information content (AvgIpc) is 3.22. The number of nitrogens with zero attached hydrogens (tertiary/aromatic N) is 2. The van der Waals surface area contributed by atoms with Crippen LogP contribution < -0.4 is 5.56 Å². The molecule has 0 saturated carbocycles. The first-order chi connectivity index (χ1) is 12.3. The van der Waals surface area contributed by atoms with Crippen LogP contribution in [-0.4, -0.2) is 66.1 Å². The number of alkyl halides is 3. The number of hydrogen-bond donors (Lipinski definition) is 1. The van der Waals surface area contributed by atoms with Gasteiger partial charge in [-0.1, -0.05) is 0 Å². The smallest absolute Gasteiger partial charge is 0.409 e. The molecule has 0 spiro atoms. The van der Waals surface area contributed by atoms with Gasteiger partial charge in [-0.3, -0.25) is 9.69 Å². The van der Waals surface area contributed by atoms with Gasteiger partial charge in [-0.25, -0.2) is 4.79 Å². The fourth-order valence-electron chi connectivity index (χ4n) is 4.02. The van der Waals surface area contributed by atoms with Gasteiger partial charge in [0.15, 0.2) is 0 Å². The Bertz CT molecular complexity index is 687. The van der Waals surface area contributed by atoms with Crippen LogP contribution in [0.1, 0.15) is 37.4 Å². The first-order valence-electron chi connectivity index (χ1n) is 8.63. The minimum atomic E-state index is -4.28. The number of likely N-dealkylation sites (tertiary alicyclic amines) is 2. The van der Waals surface area contributed by atoms with Crippen molar-refractivity contribution >= 4 is 6.09 Å². The molecule has 26 heavy (non-hydrogen) atoms. The van der Waals surface area contributed by atoms with Gasteiger partial charge in [0, 0.05) is 31.1 Å². The largest absolute Gasteiger partial charge is 0.453 e. The standard InChI is InChI=1S/C16H22F3N3O4/c1-25-15(24)22-6-4-10(12-8-14(23)20-26-12)7-11(22)9-21-5-2-3-13(21)16(17,18)19/h8,10-11,13H,2-7,9H2,1H3,(H,20,23)/t10-,11+,13+/m0/s1. The van der Waals surface area contributed by atoms with E-state index in [4.69, 9.17) is 9.26 Å². The second-order valence-electron chi connectivity index (χ2n) is 6.85. The number of halogens is 3. The van der Waals surface area contributed by atoms with Gasteiger partial charge in [-0.05, 0) is 32.2 Å². The second kappa shape index (κ2) is 7.34. The van der Waals surface area contributed by atoms with E-state index in [0.29, 0.717) is 38.1 Å². The third-order valence-electron chi connectivity index (χ3n) is 5.26. The van der Waals surface area contributed by atoms with Crippen molar-refractivity contribution in [1.82, 2.24) is 15.0 Å². The van der Waals surface area contributed by atoms with Crippen LogP contribution in [0, 0.1) is 0 Å². The maximum Gasteiger partial charge on any atom is 0.409 e. The number of rotatable bonds is 3. The predicted octanol–water partition coefficient (Wildman–Crippen LogP) is 2.31. The van der Waals surface area contributed by atoms with E-state index in [1.165, 1.54) is 23.0 Å². The molecule has 146 valence electrons. The van der Waals surface area contributed by atoms with Gasteiger partial charge < -0.3 is 14.2 Å². The number of aromatic amines is 1. The van der Waals surface area contributed by atoms with Gasteiger partial charge in [0.1, 0.15) is 11.8 Å². The Morgan fingerprint density at radius 2 is 2.15 bits per heavy atom. The molecule has 0 radical (unpaired) electrons. The molecule has 2 fully saturated rings. The highest BCUT2D eigenvalue weighted by molar-refractivity contribution is 5.68. The number of ether oxygens (including phenoxy) is 1. The summed E-state index contributed by atoms with van der Waals surface area (Å²) in [5.74, 6) is 0.338. The van der Waals surface area contributed by atoms with Crippen LogP contribution >= 0.6 is 0 Å². The van der Waals surface area contributed by atoms with E-state index in [9.17, 15) is 22.8 Å². The van der Waals surface area contributed by atoms with Gasteiger partial charge in [-0.15, -0.1) is 0 Å². The molecule has 1 aromatic rings. The Hall–Kier alpha value is -1.97. The summed E-state index contributed by atoms with van der Waals surface area (Å²) in [6.45, 7) is 0.797. The maximum atomic E-state index is 13.2. The summed E-state index contributed by atoms with van der Waals surface area (Å²) >= 11 is 0. The van der Waals surface area contributed by atoms with Crippen molar-refractivity contribution in [3.05, 3.63) is 22.2 Å². The van der Waals surface area contributed by atoms with E-state index in [1.807, 2.05) is 0 Å². The second-order valence-corrected chi connectivity index (χ2v) is 6.85. The zero-order valence-corrected chi connectivity index (χ0v) is 14.4. The predicted molar refractivity (Wildman–Crippen MR) is 84.9 cm³/mol. The number of methoxy groups -OCH3 is 1. The van der Waals surface area contributed by atoms with Crippen molar-refractivity contribution in [3.63, 3.8) is 0 Å². The van der Waals surface area contributed by atoms with Crippen LogP contribution in [0.15, 0.2) is 15.4 Å². The van der Waals surface area contributed by atoms with E-state index in [0.717, 1.165) is 0 Å². The first kappa shape index (κ1) is 18.8. The van der Waals surface area contributed by atoms with Crippen molar-refractivity contribution in [2.45, 2.75) is 49.9 Å². The van der Waals surface area contributed by atoms with E-state index in [1.54, 1.807) is 0 Å². The minimum absolute atomic E-state index is 0.0740. The lowest BCUT2D eigenvalue weighted by atomic mass is 9.88. The summed E-state index contributed by atoms with van der Waals surface area (Å²) in [6.07, 6.45) is -3.32. The fraction of sp³-hybridized carbons (Fsp3) is 0.750. The zero-order valence-electron chi connectivity index (χ0n) is 14.4. The number of carbonyl (C=O) groups excluding carboxylic acids is 1. The molecule has 0 unspecified atom stereocenters. The molecule has 0 aliphatic carbocycles. The van der Waals surface area contributed by atoms with Gasteiger partial charge in [0.05, 0.1) is 7.11 Å². The van der Waals surface area contributed by atoms with E-state index in [-0.39, 0.29) is 24.4 Å². The number of amides is 1. The molecule has 0 bridgehead atoms. The Labute approximate surface area is 148 Å². The number of H-pyrrole nitrogens is 1. The monoisotopic (exact) mass is 377 g/mol. The van der Waals surface area contributed by atoms with Crippen LogP contribution in [0.2, 0.25) is 0 Å². The highest BCUT2D eigenvalue weighted by Crippen LogP contribution is 2.36. The normalized spacial score (nSPS) is 27.7. The molecule has 2 aliphatic heterocycles. The van der Waals surface area contributed by atoms with E-state index >= 15 is 0 Å². The topological polar surface area (TPSA) is 78.8 Å². The number of aromatic nitrogens is 1. The number of hydrogen-bond acceptors (Lipinski definition) is 5. The van der Waals surface area contributed by atoms with Gasteiger partial charge >= 0.3 is 12.3 Å². The Morgan fingerprint density at radius 3 is 2.77 bits per heavy atom. The summed E-state index contributed by atoms with van der Waals surface area (Å²) in [6, 6.07) is -0.568. The van der Waals surface area contributed by atoms with Crippen LogP contribution in [0.5, 0.6) is 0 Å². The molecule has 3 rings (SSSR count). The summed E-state index contributed by atoms with van der Waals surface area (Å²) in [4.78, 5) is 26.2. The molecule has 7 nitrogen and oxygen atoms in total. The molecule has 3 heterocycles. The van der Waals surface area contributed by atoms with Crippen molar-refractivity contribution in [2.24, 2.45) is 0 Å². The van der Waals surface area contributed by atoms with Crippen molar-refractivity contribution in [3.8, 4) is 0 Å². The summed E-state index contributed by atoms with van der Waals surface area (Å²) in [7, 11) is 1.26. The molecule has 1 N–H and O–H groups in total. The molecule has 10 heteroatoms. The molecule has 0 aromatic carbocycles. The highest BCUT2D eigenvalue weighted by atomic mass is 19.4. The molecule has 2 aliphatic rings. The number of carbonyl (C=O) groups is 1. The molecular formula is C16H22F3N3O4. The fourth-order valence-corrected chi connectivity index (χ4v) is 4.02. The van der Waals surface area contributed by atoms with E-state index in [2.05, 4.69) is 5.16 Å². The Kier molecular flexibility index (Phi) is 5.31. The van der Waals surface area contributed by atoms with Crippen molar-refractivity contribution in [2.75, 3.05) is 26.7 Å². The Balaban J connectivity index is 1.76. The lowest BCUT2D eigenvalue weighted by Crippen LogP contribution is -2.53. The quantitative estimate of drug-likeness (QED) is 0.875. The molecule has 3 atom stereocenters. The van der Waals surface area contributed by atoms with Gasteiger partial charge in [-0.2, -0.15) is 18.3 Å². The Morgan fingerprint density at radius 1 is 1.38 bits per heavy atom. The summed E-state index contributed by atoms with van der Waals surface area (Å²) in [5, 5.41) is 2.23. The number of piperidine rings is 1. The third kappa shape index (κ3) is 3.89. The van der Waals surface area contributed by atoms with Gasteiger partial charge in [0.2, 0.25) is 0 Å². The first-order valence-corrected chi connectivity index (χ1v) is 8.63. The van der Waals surface area contributed by atoms with Crippen LogP contribution in [0.3, 0.4) is 0 Å². The van der Waals surface area contributed by atoms with Crippen molar-refractivity contribution in [1.29, 1.82) is 0 Å². The molecule has 2 saturated heterocycles. The molecule has 1 amide bonds. The lowest BCUT2D eigenvalue weighted by Gasteiger charge is -2.40. The lowest BCUT2D eigenvalue weighted by molar-refractivity contribution is -0.177. The minimum Gasteiger partial charge on any atom is -0.453 e. The molecular weight excluding hydrogens is 355 g/mol. The number of nitrogens with one attached hydrogen (secondary N) is 1. The SMILES string of the molecule is COC(=O)N1CC[C@H](c2cc(=O)[nH]o2)C[C@@H]1CN1CCC[C@@H]1C(F)(F)F. The van der Waals surface area contributed by atoms with Crippen molar-refractivity contribution < 1.29 is 27.2 Å². The zero-order chi connectivity index (χ0) is 18.9. The summed E-state index contributed by atoms with van der Waals surface area (Å²) in [5.41, 5.74) is -0.358. The molecule has 1 aromatic heterocycles. The van der Waals surface area contributed by atoms with Crippen LogP contribution in [0.25, 0.3) is 0 Å². The third-order valence-corrected chi connectivity index (χ3v) is 5.26. The maximum absolute atomic E-state index is 13.2. The van der Waals surface area contributed by atoms with Crippen LogP contribution in [0.4, 0.5) is 18.0 Å². The highest BCUT2D eigenvalue weighted by Gasteiger charge is 2.47. The average molecular weight is 377 g/mol.